The van der Waals surface area contributed by atoms with Crippen LogP contribution < -0.4 is 4.74 Å². The van der Waals surface area contributed by atoms with Gasteiger partial charge in [-0.05, 0) is 63.6 Å². The summed E-state index contributed by atoms with van der Waals surface area (Å²) in [5, 5.41) is 0.657. The van der Waals surface area contributed by atoms with E-state index >= 15 is 0 Å². The number of halogens is 1. The maximum absolute atomic E-state index is 11.6. The number of benzene rings is 1. The molecule has 0 saturated carbocycles. The summed E-state index contributed by atoms with van der Waals surface area (Å²) in [7, 11) is 0. The van der Waals surface area contributed by atoms with Crippen LogP contribution in [0, 0.1) is 0 Å². The Kier molecular flexibility index (Phi) is 7.90. The van der Waals surface area contributed by atoms with Crippen LogP contribution in [0.15, 0.2) is 18.2 Å². The summed E-state index contributed by atoms with van der Waals surface area (Å²) in [5.74, 6) is 1.04. The van der Waals surface area contributed by atoms with Crippen LogP contribution in [0.2, 0.25) is 5.02 Å². The minimum atomic E-state index is -0.404. The molecule has 1 rings (SSSR count). The van der Waals surface area contributed by atoms with Crippen LogP contribution in [0.3, 0.4) is 0 Å². The van der Waals surface area contributed by atoms with Crippen molar-refractivity contribution in [2.45, 2.75) is 71.8 Å². The Bertz CT molecular complexity index is 504. The summed E-state index contributed by atoms with van der Waals surface area (Å²) in [6.07, 6.45) is 3.10. The molecule has 0 aliphatic heterocycles. The van der Waals surface area contributed by atoms with Crippen molar-refractivity contribution in [2.24, 2.45) is 0 Å². The van der Waals surface area contributed by atoms with E-state index in [1.807, 2.05) is 39.0 Å². The van der Waals surface area contributed by atoms with Gasteiger partial charge in [0.25, 0.3) is 0 Å². The van der Waals surface area contributed by atoms with Crippen LogP contribution in [-0.2, 0) is 9.53 Å². The van der Waals surface area contributed by atoms with Crippen LogP contribution in [0.5, 0.6) is 5.75 Å². The number of hydrogen-bond donors (Lipinski definition) is 0. The molecule has 0 saturated heterocycles. The third kappa shape index (κ3) is 8.26. The van der Waals surface area contributed by atoms with E-state index in [1.54, 1.807) is 0 Å². The molecule has 0 aromatic heterocycles. The first-order valence-electron chi connectivity index (χ1n) is 8.33. The Morgan fingerprint density at radius 1 is 1.17 bits per heavy atom. The minimum absolute atomic E-state index is 0.134. The fourth-order valence-corrected chi connectivity index (χ4v) is 2.36. The molecule has 23 heavy (non-hydrogen) atoms. The Morgan fingerprint density at radius 3 is 2.43 bits per heavy atom. The van der Waals surface area contributed by atoms with Crippen molar-refractivity contribution < 1.29 is 14.3 Å². The molecule has 0 aliphatic rings. The van der Waals surface area contributed by atoms with Crippen LogP contribution in [0.4, 0.5) is 0 Å². The zero-order valence-corrected chi connectivity index (χ0v) is 15.7. The first kappa shape index (κ1) is 19.8. The molecular weight excluding hydrogens is 312 g/mol. The molecule has 0 fully saturated rings. The fourth-order valence-electron chi connectivity index (χ4n) is 2.12. The molecule has 0 N–H and O–H groups in total. The highest BCUT2D eigenvalue weighted by Crippen LogP contribution is 2.28. The lowest BCUT2D eigenvalue weighted by molar-refractivity contribution is -0.154. The van der Waals surface area contributed by atoms with Crippen molar-refractivity contribution in [1.82, 2.24) is 0 Å². The molecule has 0 amide bonds. The fraction of sp³-hybridized carbons (Fsp3) is 0.632. The highest BCUT2D eigenvalue weighted by atomic mass is 35.5. The zero-order chi connectivity index (χ0) is 17.5. The monoisotopic (exact) mass is 340 g/mol. The average molecular weight is 341 g/mol. The van der Waals surface area contributed by atoms with E-state index < -0.39 is 5.60 Å². The normalized spacial score (nSPS) is 11.6. The minimum Gasteiger partial charge on any atom is -0.492 e. The number of ether oxygens (including phenoxy) is 2. The Balaban J connectivity index is 2.22. The number of hydrogen-bond acceptors (Lipinski definition) is 3. The van der Waals surface area contributed by atoms with E-state index in [0.29, 0.717) is 24.0 Å². The molecule has 130 valence electrons. The van der Waals surface area contributed by atoms with Gasteiger partial charge < -0.3 is 9.47 Å². The van der Waals surface area contributed by atoms with E-state index in [0.717, 1.165) is 25.0 Å². The second-order valence-corrected chi connectivity index (χ2v) is 7.50. The standard InChI is InChI=1S/C19H29ClO3/c1-14(2)15-10-11-17(16(20)13-15)22-12-8-6-7-9-18(21)23-19(3,4)5/h10-11,13-14H,6-9,12H2,1-5H3. The topological polar surface area (TPSA) is 35.5 Å². The van der Waals surface area contributed by atoms with Gasteiger partial charge in [0.15, 0.2) is 0 Å². The van der Waals surface area contributed by atoms with Crippen LogP contribution in [-0.4, -0.2) is 18.2 Å². The molecule has 4 heteroatoms. The highest BCUT2D eigenvalue weighted by Gasteiger charge is 2.15. The van der Waals surface area contributed by atoms with Crippen LogP contribution >= 0.6 is 11.6 Å². The summed E-state index contributed by atoms with van der Waals surface area (Å²) >= 11 is 6.23. The summed E-state index contributed by atoms with van der Waals surface area (Å²) in [4.78, 5) is 11.6. The molecule has 0 bridgehead atoms. The van der Waals surface area contributed by atoms with Crippen LogP contribution in [0.25, 0.3) is 0 Å². The first-order chi connectivity index (χ1) is 10.7. The highest BCUT2D eigenvalue weighted by molar-refractivity contribution is 6.32. The van der Waals surface area contributed by atoms with Gasteiger partial charge in [0.05, 0.1) is 11.6 Å². The van der Waals surface area contributed by atoms with Gasteiger partial charge in [-0.3, -0.25) is 4.79 Å². The smallest absolute Gasteiger partial charge is 0.306 e. The molecule has 0 atom stereocenters. The summed E-state index contributed by atoms with van der Waals surface area (Å²) in [6.45, 7) is 10.5. The molecular formula is C19H29ClO3. The summed E-state index contributed by atoms with van der Waals surface area (Å²) in [5.41, 5.74) is 0.804. The van der Waals surface area contributed by atoms with E-state index in [1.165, 1.54) is 5.56 Å². The quantitative estimate of drug-likeness (QED) is 0.447. The zero-order valence-electron chi connectivity index (χ0n) is 14.9. The van der Waals surface area contributed by atoms with Crippen molar-refractivity contribution in [2.75, 3.05) is 6.61 Å². The molecule has 0 heterocycles. The second-order valence-electron chi connectivity index (χ2n) is 7.09. The van der Waals surface area contributed by atoms with Crippen LogP contribution in [0.1, 0.15) is 71.8 Å². The largest absolute Gasteiger partial charge is 0.492 e. The van der Waals surface area contributed by atoms with Crippen molar-refractivity contribution in [1.29, 1.82) is 0 Å². The lowest BCUT2D eigenvalue weighted by atomic mass is 10.0. The average Bonchev–Trinajstić information content (AvgIpc) is 2.41. The van der Waals surface area contributed by atoms with Gasteiger partial charge in [0.1, 0.15) is 11.4 Å². The van der Waals surface area contributed by atoms with Crippen molar-refractivity contribution >= 4 is 17.6 Å². The van der Waals surface area contributed by atoms with Gasteiger partial charge >= 0.3 is 5.97 Å². The predicted octanol–water partition coefficient (Wildman–Crippen LogP) is 5.74. The summed E-state index contributed by atoms with van der Waals surface area (Å²) < 4.78 is 11.0. The summed E-state index contributed by atoms with van der Waals surface area (Å²) in [6, 6.07) is 5.94. The van der Waals surface area contributed by atoms with Gasteiger partial charge in [-0.15, -0.1) is 0 Å². The molecule has 0 aliphatic carbocycles. The SMILES string of the molecule is CC(C)c1ccc(OCCCCCC(=O)OC(C)(C)C)c(Cl)c1. The predicted molar refractivity (Wildman–Crippen MR) is 95.3 cm³/mol. The molecule has 1 aromatic carbocycles. The molecule has 3 nitrogen and oxygen atoms in total. The third-order valence-electron chi connectivity index (χ3n) is 3.33. The second kappa shape index (κ2) is 9.17. The van der Waals surface area contributed by atoms with Crippen molar-refractivity contribution in [3.63, 3.8) is 0 Å². The Morgan fingerprint density at radius 2 is 1.87 bits per heavy atom. The maximum Gasteiger partial charge on any atom is 0.306 e. The number of rotatable bonds is 8. The van der Waals surface area contributed by atoms with E-state index in [4.69, 9.17) is 21.1 Å². The number of carbonyl (C=O) groups is 1. The number of esters is 1. The van der Waals surface area contributed by atoms with Crippen molar-refractivity contribution in [3.8, 4) is 5.75 Å². The van der Waals surface area contributed by atoms with Gasteiger partial charge in [0.2, 0.25) is 0 Å². The van der Waals surface area contributed by atoms with E-state index in [9.17, 15) is 4.79 Å². The number of unbranched alkanes of at least 4 members (excludes halogenated alkanes) is 2. The third-order valence-corrected chi connectivity index (χ3v) is 3.62. The first-order valence-corrected chi connectivity index (χ1v) is 8.71. The van der Waals surface area contributed by atoms with E-state index in [-0.39, 0.29) is 5.97 Å². The van der Waals surface area contributed by atoms with Gasteiger partial charge in [0, 0.05) is 6.42 Å². The molecule has 0 radical (unpaired) electrons. The lowest BCUT2D eigenvalue weighted by Crippen LogP contribution is -2.23. The maximum atomic E-state index is 11.6. The van der Waals surface area contributed by atoms with Gasteiger partial charge in [-0.25, -0.2) is 0 Å². The molecule has 1 aromatic rings. The Hall–Kier alpha value is -1.22. The number of carbonyl (C=O) groups excluding carboxylic acids is 1. The van der Waals surface area contributed by atoms with E-state index in [2.05, 4.69) is 13.8 Å². The lowest BCUT2D eigenvalue weighted by Gasteiger charge is -2.19. The Labute approximate surface area is 145 Å². The van der Waals surface area contributed by atoms with Crippen molar-refractivity contribution in [3.05, 3.63) is 28.8 Å². The van der Waals surface area contributed by atoms with Gasteiger partial charge in [-0.2, -0.15) is 0 Å². The van der Waals surface area contributed by atoms with Gasteiger partial charge in [-0.1, -0.05) is 31.5 Å². The molecule has 0 spiro atoms. The molecule has 0 unspecified atom stereocenters.